The van der Waals surface area contributed by atoms with Crippen LogP contribution in [0.4, 0.5) is 11.4 Å². The largest absolute Gasteiger partial charge is 0.377 e. The van der Waals surface area contributed by atoms with Crippen molar-refractivity contribution in [1.29, 1.82) is 0 Å². The molecule has 3 heterocycles. The number of nitrogens with one attached hydrogen (secondary N) is 2. The standard InChI is InChI=1S/C29H38N6O2Si/c1-7-27-34-26-15-25(18-31-28(26)35(27)19-37-11-12-38(4,5)6)32-21(3)22-9-8-10-24(14-22)33-29(36)23-13-20(2)16-30-17-23/h8-10,13-18,21,32H,7,11-12,19H2,1-6H3,(H,33,36). The molecule has 1 amide bonds. The van der Waals surface area contributed by atoms with Crippen molar-refractivity contribution in [2.75, 3.05) is 17.2 Å². The van der Waals surface area contributed by atoms with E-state index in [2.05, 4.69) is 53.7 Å². The van der Waals surface area contributed by atoms with Crippen LogP contribution in [0, 0.1) is 6.92 Å². The average Bonchev–Trinajstić information content (AvgIpc) is 3.23. The average molecular weight is 531 g/mol. The van der Waals surface area contributed by atoms with Gasteiger partial charge in [0.25, 0.3) is 5.91 Å². The van der Waals surface area contributed by atoms with Crippen molar-refractivity contribution in [3.63, 3.8) is 0 Å². The first-order valence-electron chi connectivity index (χ1n) is 13.2. The minimum Gasteiger partial charge on any atom is -0.377 e. The molecule has 200 valence electrons. The molecule has 9 heteroatoms. The van der Waals surface area contributed by atoms with Gasteiger partial charge in [-0.25, -0.2) is 9.97 Å². The lowest BCUT2D eigenvalue weighted by Gasteiger charge is -2.17. The molecule has 4 aromatic rings. The normalized spacial score (nSPS) is 12.5. The third-order valence-electron chi connectivity index (χ3n) is 6.36. The van der Waals surface area contributed by atoms with Crippen molar-refractivity contribution in [3.05, 3.63) is 77.5 Å². The number of aryl methyl sites for hydroxylation is 2. The number of amides is 1. The summed E-state index contributed by atoms with van der Waals surface area (Å²) < 4.78 is 8.07. The molecule has 8 nitrogen and oxygen atoms in total. The number of pyridine rings is 2. The van der Waals surface area contributed by atoms with Gasteiger partial charge in [0.05, 0.1) is 17.4 Å². The molecule has 0 aliphatic rings. The Hall–Kier alpha value is -3.56. The van der Waals surface area contributed by atoms with Crippen LogP contribution in [0.5, 0.6) is 0 Å². The number of aromatic nitrogens is 4. The number of nitrogens with zero attached hydrogens (tertiary/aromatic N) is 4. The fourth-order valence-electron chi connectivity index (χ4n) is 4.18. The molecular weight excluding hydrogens is 492 g/mol. The molecule has 0 spiro atoms. The number of carbonyl (C=O) groups is 1. The molecule has 2 N–H and O–H groups in total. The van der Waals surface area contributed by atoms with Gasteiger partial charge in [0.15, 0.2) is 5.65 Å². The van der Waals surface area contributed by atoms with Gasteiger partial charge in [0, 0.05) is 45.2 Å². The van der Waals surface area contributed by atoms with Gasteiger partial charge in [-0.1, -0.05) is 38.7 Å². The quantitative estimate of drug-likeness (QED) is 0.171. The van der Waals surface area contributed by atoms with Gasteiger partial charge < -0.3 is 15.4 Å². The van der Waals surface area contributed by atoms with Crippen LogP contribution in [0.2, 0.25) is 25.7 Å². The van der Waals surface area contributed by atoms with Crippen LogP contribution in [0.1, 0.15) is 47.2 Å². The number of fused-ring (bicyclic) bond motifs is 1. The number of hydrogen-bond donors (Lipinski definition) is 2. The van der Waals surface area contributed by atoms with Gasteiger partial charge in [-0.3, -0.25) is 14.3 Å². The Kier molecular flexibility index (Phi) is 8.58. The maximum atomic E-state index is 12.7. The Bertz CT molecular complexity index is 1410. The smallest absolute Gasteiger partial charge is 0.257 e. The predicted octanol–water partition coefficient (Wildman–Crippen LogP) is 6.43. The summed E-state index contributed by atoms with van der Waals surface area (Å²) in [7, 11) is -1.13. The van der Waals surface area contributed by atoms with E-state index in [-0.39, 0.29) is 11.9 Å². The second kappa shape index (κ2) is 11.9. The van der Waals surface area contributed by atoms with E-state index in [0.29, 0.717) is 12.3 Å². The Morgan fingerprint density at radius 2 is 1.92 bits per heavy atom. The minimum atomic E-state index is -1.13. The Morgan fingerprint density at radius 1 is 1.11 bits per heavy atom. The molecule has 0 saturated heterocycles. The van der Waals surface area contributed by atoms with Crippen molar-refractivity contribution < 1.29 is 9.53 Å². The number of imidazole rings is 1. The molecule has 0 radical (unpaired) electrons. The Labute approximate surface area is 225 Å². The molecule has 0 aliphatic heterocycles. The van der Waals surface area contributed by atoms with Crippen LogP contribution >= 0.6 is 0 Å². The highest BCUT2D eigenvalue weighted by Gasteiger charge is 2.15. The number of hydrogen-bond acceptors (Lipinski definition) is 6. The Morgan fingerprint density at radius 3 is 2.66 bits per heavy atom. The highest BCUT2D eigenvalue weighted by Crippen LogP contribution is 2.25. The lowest BCUT2D eigenvalue weighted by Crippen LogP contribution is -2.22. The number of carbonyl (C=O) groups excluding carboxylic acids is 1. The van der Waals surface area contributed by atoms with Crippen molar-refractivity contribution in [2.24, 2.45) is 0 Å². The zero-order valence-corrected chi connectivity index (χ0v) is 24.2. The second-order valence-corrected chi connectivity index (χ2v) is 16.5. The van der Waals surface area contributed by atoms with Gasteiger partial charge in [0.2, 0.25) is 0 Å². The Balaban J connectivity index is 1.44. The topological polar surface area (TPSA) is 94.0 Å². The highest BCUT2D eigenvalue weighted by molar-refractivity contribution is 6.76. The lowest BCUT2D eigenvalue weighted by atomic mass is 10.1. The van der Waals surface area contributed by atoms with E-state index in [0.717, 1.165) is 58.6 Å². The summed E-state index contributed by atoms with van der Waals surface area (Å²) in [6.45, 7) is 14.4. The van der Waals surface area contributed by atoms with E-state index < -0.39 is 8.07 Å². The van der Waals surface area contributed by atoms with Gasteiger partial charge in [0.1, 0.15) is 18.1 Å². The van der Waals surface area contributed by atoms with Crippen LogP contribution in [0.15, 0.2) is 55.0 Å². The zero-order chi connectivity index (χ0) is 27.3. The van der Waals surface area contributed by atoms with Crippen molar-refractivity contribution in [2.45, 2.75) is 65.6 Å². The molecule has 0 saturated carbocycles. The lowest BCUT2D eigenvalue weighted by molar-refractivity contribution is 0.0876. The first-order valence-corrected chi connectivity index (χ1v) is 16.9. The predicted molar refractivity (Wildman–Crippen MR) is 156 cm³/mol. The molecule has 0 aliphatic carbocycles. The van der Waals surface area contributed by atoms with Crippen LogP contribution in [0.3, 0.4) is 0 Å². The summed E-state index contributed by atoms with van der Waals surface area (Å²) in [5.74, 6) is 0.790. The summed E-state index contributed by atoms with van der Waals surface area (Å²) in [6.07, 6.45) is 5.96. The molecule has 3 aromatic heterocycles. The van der Waals surface area contributed by atoms with Gasteiger partial charge in [-0.15, -0.1) is 0 Å². The summed E-state index contributed by atoms with van der Waals surface area (Å²) in [6, 6.07) is 12.8. The van der Waals surface area contributed by atoms with Crippen molar-refractivity contribution >= 4 is 36.5 Å². The van der Waals surface area contributed by atoms with E-state index in [1.54, 1.807) is 12.4 Å². The van der Waals surface area contributed by atoms with Crippen LogP contribution < -0.4 is 10.6 Å². The highest BCUT2D eigenvalue weighted by atomic mass is 28.3. The van der Waals surface area contributed by atoms with E-state index in [4.69, 9.17) is 14.7 Å². The first-order chi connectivity index (χ1) is 18.1. The fourth-order valence-corrected chi connectivity index (χ4v) is 4.93. The molecule has 1 atom stereocenters. The van der Waals surface area contributed by atoms with E-state index >= 15 is 0 Å². The molecule has 0 bridgehead atoms. The number of benzene rings is 1. The van der Waals surface area contributed by atoms with Gasteiger partial charge >= 0.3 is 0 Å². The summed E-state index contributed by atoms with van der Waals surface area (Å²) >= 11 is 0. The summed E-state index contributed by atoms with van der Waals surface area (Å²) in [5, 5.41) is 6.50. The minimum absolute atomic E-state index is 0.00984. The zero-order valence-electron chi connectivity index (χ0n) is 23.2. The number of anilines is 2. The third-order valence-corrected chi connectivity index (χ3v) is 8.07. The second-order valence-electron chi connectivity index (χ2n) is 10.9. The number of ether oxygens (including phenoxy) is 1. The molecular formula is C29H38N6O2Si. The molecule has 0 fully saturated rings. The number of rotatable bonds is 11. The van der Waals surface area contributed by atoms with Crippen LogP contribution in [-0.2, 0) is 17.9 Å². The molecule has 1 unspecified atom stereocenters. The van der Waals surface area contributed by atoms with Crippen LogP contribution in [-0.4, -0.2) is 40.1 Å². The summed E-state index contributed by atoms with van der Waals surface area (Å²) in [4.78, 5) is 26.3. The monoisotopic (exact) mass is 530 g/mol. The molecule has 1 aromatic carbocycles. The maximum Gasteiger partial charge on any atom is 0.257 e. The van der Waals surface area contributed by atoms with E-state index in [9.17, 15) is 4.79 Å². The van der Waals surface area contributed by atoms with E-state index in [1.165, 1.54) is 0 Å². The maximum absolute atomic E-state index is 12.7. The van der Waals surface area contributed by atoms with Gasteiger partial charge in [-0.05, 0) is 55.3 Å². The van der Waals surface area contributed by atoms with Gasteiger partial charge in [-0.2, -0.15) is 0 Å². The third kappa shape index (κ3) is 7.05. The molecule has 4 rings (SSSR count). The fraction of sp³-hybridized carbons (Fsp3) is 0.379. The van der Waals surface area contributed by atoms with E-state index in [1.807, 2.05) is 49.5 Å². The van der Waals surface area contributed by atoms with Crippen molar-refractivity contribution in [1.82, 2.24) is 19.5 Å². The molecule has 38 heavy (non-hydrogen) atoms. The summed E-state index contributed by atoms with van der Waals surface area (Å²) in [5.41, 5.74) is 5.83. The first kappa shape index (κ1) is 27.5. The van der Waals surface area contributed by atoms with Crippen LogP contribution in [0.25, 0.3) is 11.2 Å². The SMILES string of the molecule is CCc1nc2cc(NC(C)c3cccc(NC(=O)c4cncc(C)c4)c3)cnc2n1COCC[Si](C)(C)C. The van der Waals surface area contributed by atoms with Crippen molar-refractivity contribution in [3.8, 4) is 0 Å².